The van der Waals surface area contributed by atoms with Gasteiger partial charge in [0.2, 0.25) is 0 Å². The summed E-state index contributed by atoms with van der Waals surface area (Å²) in [6, 6.07) is 7.50. The first-order valence-corrected chi connectivity index (χ1v) is 7.01. The molecule has 0 spiro atoms. The Kier molecular flexibility index (Phi) is 10.2. The third-order valence-electron chi connectivity index (χ3n) is 2.82. The van der Waals surface area contributed by atoms with Crippen molar-refractivity contribution in [2.75, 3.05) is 27.7 Å². The lowest BCUT2D eigenvalue weighted by Crippen LogP contribution is -2.12. The molecule has 1 unspecified atom stereocenters. The predicted molar refractivity (Wildman–Crippen MR) is 81.7 cm³/mol. The predicted octanol–water partition coefficient (Wildman–Crippen LogP) is 3.49. The summed E-state index contributed by atoms with van der Waals surface area (Å²) in [5, 5.41) is 9.49. The van der Waals surface area contributed by atoms with E-state index in [0.29, 0.717) is 0 Å². The molecule has 0 fully saturated rings. The third-order valence-corrected chi connectivity index (χ3v) is 2.82. The molecule has 0 aromatic heterocycles. The average Bonchev–Trinajstić information content (AvgIpc) is 2.44. The van der Waals surface area contributed by atoms with E-state index in [0.717, 1.165) is 17.7 Å². The molecule has 0 saturated heterocycles. The minimum Gasteiger partial charge on any atom is -0.497 e. The van der Waals surface area contributed by atoms with Crippen molar-refractivity contribution in [3.8, 4) is 5.75 Å². The van der Waals surface area contributed by atoms with Gasteiger partial charge >= 0.3 is 0 Å². The summed E-state index contributed by atoms with van der Waals surface area (Å²) < 4.78 is 5.04. The first-order chi connectivity index (χ1) is 9.04. The quantitative estimate of drug-likeness (QED) is 0.856. The Morgan fingerprint density at radius 1 is 1.26 bits per heavy atom. The van der Waals surface area contributed by atoms with Gasteiger partial charge in [-0.1, -0.05) is 32.4 Å². The lowest BCUT2D eigenvalue weighted by Gasteiger charge is -2.08. The molecule has 0 aliphatic rings. The fourth-order valence-electron chi connectivity index (χ4n) is 1.56. The molecule has 0 amide bonds. The van der Waals surface area contributed by atoms with Gasteiger partial charge in [-0.2, -0.15) is 0 Å². The number of aliphatic hydroxyl groups excluding tert-OH is 1. The SMILES string of the molecule is CCC(O)c1cccc(OC)c1.CCCCN(C)C. The standard InChI is InChI=1S/C10H14O2.C6H15N/c1-3-10(11)8-5-4-6-9(7-8)12-2;1-4-5-6-7(2)3/h4-7,10-11H,3H2,1-2H3;4-6H2,1-3H3. The van der Waals surface area contributed by atoms with Gasteiger partial charge in [-0.3, -0.25) is 0 Å². The molecule has 1 N–H and O–H groups in total. The van der Waals surface area contributed by atoms with Gasteiger partial charge in [0.05, 0.1) is 13.2 Å². The van der Waals surface area contributed by atoms with Crippen LogP contribution in [0.2, 0.25) is 0 Å². The molecule has 3 nitrogen and oxygen atoms in total. The number of rotatable bonds is 6. The second kappa shape index (κ2) is 10.8. The summed E-state index contributed by atoms with van der Waals surface area (Å²) >= 11 is 0. The summed E-state index contributed by atoms with van der Waals surface area (Å²) in [5.74, 6) is 0.792. The molecular weight excluding hydrogens is 238 g/mol. The highest BCUT2D eigenvalue weighted by atomic mass is 16.5. The number of hydrogen-bond acceptors (Lipinski definition) is 3. The van der Waals surface area contributed by atoms with Crippen LogP contribution < -0.4 is 4.74 Å². The molecule has 19 heavy (non-hydrogen) atoms. The number of hydrogen-bond donors (Lipinski definition) is 1. The van der Waals surface area contributed by atoms with Gasteiger partial charge in [0, 0.05) is 0 Å². The van der Waals surface area contributed by atoms with E-state index in [1.807, 2.05) is 31.2 Å². The number of aliphatic hydroxyl groups is 1. The van der Waals surface area contributed by atoms with E-state index in [9.17, 15) is 5.11 Å². The minimum absolute atomic E-state index is 0.375. The Balaban J connectivity index is 0.000000399. The zero-order valence-electron chi connectivity index (χ0n) is 13.0. The molecule has 3 heteroatoms. The van der Waals surface area contributed by atoms with Gasteiger partial charge in [-0.05, 0) is 51.2 Å². The van der Waals surface area contributed by atoms with Gasteiger partial charge in [-0.25, -0.2) is 0 Å². The van der Waals surface area contributed by atoms with Crippen LogP contribution in [0, 0.1) is 0 Å². The molecule has 0 radical (unpaired) electrons. The molecule has 1 rings (SSSR count). The van der Waals surface area contributed by atoms with Crippen LogP contribution in [-0.2, 0) is 0 Å². The Hall–Kier alpha value is -1.06. The Morgan fingerprint density at radius 2 is 1.95 bits per heavy atom. The highest BCUT2D eigenvalue weighted by Gasteiger charge is 2.04. The maximum absolute atomic E-state index is 9.49. The van der Waals surface area contributed by atoms with Crippen molar-refractivity contribution in [1.29, 1.82) is 0 Å². The smallest absolute Gasteiger partial charge is 0.119 e. The Labute approximate surface area is 118 Å². The monoisotopic (exact) mass is 267 g/mol. The molecular formula is C16H29NO2. The summed E-state index contributed by atoms with van der Waals surface area (Å²) in [5.41, 5.74) is 0.914. The molecule has 0 aliphatic carbocycles. The van der Waals surface area contributed by atoms with Gasteiger partial charge in [0.15, 0.2) is 0 Å². The zero-order valence-corrected chi connectivity index (χ0v) is 13.0. The first-order valence-electron chi connectivity index (χ1n) is 7.01. The second-order valence-electron chi connectivity index (χ2n) is 4.86. The van der Waals surface area contributed by atoms with Crippen LogP contribution in [0.1, 0.15) is 44.8 Å². The van der Waals surface area contributed by atoms with Gasteiger partial charge in [0.1, 0.15) is 5.75 Å². The zero-order chi connectivity index (χ0) is 14.7. The minimum atomic E-state index is -0.375. The molecule has 110 valence electrons. The Bertz CT molecular complexity index is 326. The highest BCUT2D eigenvalue weighted by Crippen LogP contribution is 2.20. The van der Waals surface area contributed by atoms with Crippen molar-refractivity contribution in [1.82, 2.24) is 4.90 Å². The van der Waals surface area contributed by atoms with Crippen molar-refractivity contribution in [3.05, 3.63) is 29.8 Å². The summed E-state index contributed by atoms with van der Waals surface area (Å²) in [7, 11) is 5.84. The topological polar surface area (TPSA) is 32.7 Å². The molecule has 1 aromatic carbocycles. The van der Waals surface area contributed by atoms with Crippen LogP contribution in [0.5, 0.6) is 5.75 Å². The van der Waals surface area contributed by atoms with E-state index >= 15 is 0 Å². The lowest BCUT2D eigenvalue weighted by molar-refractivity contribution is 0.173. The Morgan fingerprint density at radius 3 is 2.37 bits per heavy atom. The van der Waals surface area contributed by atoms with Crippen molar-refractivity contribution in [2.45, 2.75) is 39.2 Å². The summed E-state index contributed by atoms with van der Waals surface area (Å²) in [6.45, 7) is 5.39. The van der Waals surface area contributed by atoms with Crippen LogP contribution in [0.4, 0.5) is 0 Å². The highest BCUT2D eigenvalue weighted by molar-refractivity contribution is 5.29. The van der Waals surface area contributed by atoms with Crippen LogP contribution in [0.25, 0.3) is 0 Å². The van der Waals surface area contributed by atoms with Crippen molar-refractivity contribution in [3.63, 3.8) is 0 Å². The maximum atomic E-state index is 9.49. The van der Waals surface area contributed by atoms with Crippen molar-refractivity contribution >= 4 is 0 Å². The fourth-order valence-corrected chi connectivity index (χ4v) is 1.56. The molecule has 0 saturated carbocycles. The van der Waals surface area contributed by atoms with Crippen molar-refractivity contribution < 1.29 is 9.84 Å². The molecule has 0 heterocycles. The summed E-state index contributed by atoms with van der Waals surface area (Å²) in [6.07, 6.45) is 2.98. The van der Waals surface area contributed by atoms with Gasteiger partial charge in [-0.15, -0.1) is 0 Å². The number of benzene rings is 1. The fraction of sp³-hybridized carbons (Fsp3) is 0.625. The van der Waals surface area contributed by atoms with Crippen LogP contribution >= 0.6 is 0 Å². The van der Waals surface area contributed by atoms with E-state index in [1.165, 1.54) is 19.4 Å². The van der Waals surface area contributed by atoms with Gasteiger partial charge in [0.25, 0.3) is 0 Å². The number of nitrogens with zero attached hydrogens (tertiary/aromatic N) is 1. The van der Waals surface area contributed by atoms with E-state index in [4.69, 9.17) is 4.74 Å². The number of methoxy groups -OCH3 is 1. The second-order valence-corrected chi connectivity index (χ2v) is 4.86. The summed E-state index contributed by atoms with van der Waals surface area (Å²) in [4.78, 5) is 2.21. The van der Waals surface area contributed by atoms with Gasteiger partial charge < -0.3 is 14.7 Å². The van der Waals surface area contributed by atoms with E-state index in [1.54, 1.807) is 7.11 Å². The molecule has 0 bridgehead atoms. The number of unbranched alkanes of at least 4 members (excludes halogenated alkanes) is 1. The van der Waals surface area contributed by atoms with Crippen molar-refractivity contribution in [2.24, 2.45) is 0 Å². The normalized spacial score (nSPS) is 11.7. The average molecular weight is 267 g/mol. The van der Waals surface area contributed by atoms with E-state index in [2.05, 4.69) is 25.9 Å². The van der Waals surface area contributed by atoms with Crippen LogP contribution in [-0.4, -0.2) is 37.8 Å². The van der Waals surface area contributed by atoms with Crippen LogP contribution in [0.3, 0.4) is 0 Å². The van der Waals surface area contributed by atoms with E-state index < -0.39 is 0 Å². The van der Waals surface area contributed by atoms with E-state index in [-0.39, 0.29) is 6.10 Å². The molecule has 1 atom stereocenters. The molecule has 1 aromatic rings. The number of ether oxygens (including phenoxy) is 1. The molecule has 0 aliphatic heterocycles. The lowest BCUT2D eigenvalue weighted by atomic mass is 10.1. The maximum Gasteiger partial charge on any atom is 0.119 e. The van der Waals surface area contributed by atoms with Crippen LogP contribution in [0.15, 0.2) is 24.3 Å². The largest absolute Gasteiger partial charge is 0.497 e. The third kappa shape index (κ3) is 8.62. The first kappa shape index (κ1) is 17.9.